The van der Waals surface area contributed by atoms with E-state index in [4.69, 9.17) is 31.1 Å². The van der Waals surface area contributed by atoms with Crippen LogP contribution in [-0.2, 0) is 25.6 Å². The molecule has 0 unspecified atom stereocenters. The number of aromatic nitrogens is 3. The molecule has 11 heteroatoms. The van der Waals surface area contributed by atoms with E-state index in [2.05, 4.69) is 11.0 Å². The third-order valence-corrected chi connectivity index (χ3v) is 5.51. The van der Waals surface area contributed by atoms with Crippen molar-refractivity contribution in [2.45, 2.75) is 51.7 Å². The van der Waals surface area contributed by atoms with Crippen molar-refractivity contribution in [1.29, 1.82) is 0 Å². The summed E-state index contributed by atoms with van der Waals surface area (Å²) < 4.78 is 11.9. The number of ether oxygens (including phenoxy) is 2. The Hall–Kier alpha value is -3.34. The Balaban J connectivity index is 1.53. The van der Waals surface area contributed by atoms with Crippen LogP contribution >= 0.6 is 0 Å². The molecule has 1 aliphatic heterocycles. The molecule has 11 nitrogen and oxygen atoms in total. The Morgan fingerprint density at radius 1 is 1.30 bits per heavy atom. The minimum atomic E-state index is -0.651. The van der Waals surface area contributed by atoms with E-state index in [-0.39, 0.29) is 24.1 Å². The highest BCUT2D eigenvalue weighted by atomic mass is 16.6. The van der Waals surface area contributed by atoms with Gasteiger partial charge in [-0.2, -0.15) is 5.10 Å². The molecule has 178 valence electrons. The molecular formula is C22H31N7O4. The number of hydrogen-bond acceptors (Lipinski definition) is 10. The number of hydrogen-bond donors (Lipinski definition) is 2. The first-order chi connectivity index (χ1) is 15.5. The first-order valence-corrected chi connectivity index (χ1v) is 11.0. The zero-order chi connectivity index (χ0) is 23.9. The van der Waals surface area contributed by atoms with E-state index < -0.39 is 11.6 Å². The lowest BCUT2D eigenvalue weighted by atomic mass is 9.99. The Bertz CT molecular complexity index is 1090. The summed E-state index contributed by atoms with van der Waals surface area (Å²) in [4.78, 5) is 30.7. The van der Waals surface area contributed by atoms with Gasteiger partial charge in [-0.3, -0.25) is 4.79 Å². The van der Waals surface area contributed by atoms with E-state index >= 15 is 0 Å². The van der Waals surface area contributed by atoms with Crippen LogP contribution in [0.2, 0.25) is 0 Å². The van der Waals surface area contributed by atoms with Gasteiger partial charge in [-0.25, -0.2) is 20.1 Å². The van der Waals surface area contributed by atoms with Crippen molar-refractivity contribution in [2.24, 2.45) is 17.5 Å². The van der Waals surface area contributed by atoms with Crippen molar-refractivity contribution in [1.82, 2.24) is 19.6 Å². The molecule has 2 aromatic rings. The second-order valence-electron chi connectivity index (χ2n) is 9.61. The normalized spacial score (nSPS) is 17.1. The average Bonchev–Trinajstić information content (AvgIpc) is 3.45. The molecule has 0 radical (unpaired) electrons. The number of hydrazine groups is 1. The van der Waals surface area contributed by atoms with Crippen LogP contribution in [0.25, 0.3) is 5.65 Å². The van der Waals surface area contributed by atoms with Gasteiger partial charge in [0.25, 0.3) is 0 Å². The van der Waals surface area contributed by atoms with Crippen LogP contribution in [0.1, 0.15) is 50.9 Å². The Morgan fingerprint density at radius 2 is 2.00 bits per heavy atom. The lowest BCUT2D eigenvalue weighted by Crippen LogP contribution is -2.51. The SMILES string of the molecule is COC(=O)C1CN(c2cc(C3CC3)nn3cc(CN(N)/C=C(\N)C(=O)OC(C)(C)C)nc23)C1. The molecule has 1 aliphatic carbocycles. The largest absolute Gasteiger partial charge is 0.469 e. The minimum Gasteiger partial charge on any atom is -0.469 e. The van der Waals surface area contributed by atoms with Gasteiger partial charge in [-0.05, 0) is 39.7 Å². The van der Waals surface area contributed by atoms with Crippen LogP contribution in [0, 0.1) is 5.92 Å². The molecule has 2 fully saturated rings. The maximum Gasteiger partial charge on any atom is 0.356 e. The van der Waals surface area contributed by atoms with Crippen molar-refractivity contribution in [3.63, 3.8) is 0 Å². The molecule has 4 N–H and O–H groups in total. The van der Waals surface area contributed by atoms with E-state index in [0.29, 0.717) is 30.3 Å². The second kappa shape index (κ2) is 8.54. The maximum atomic E-state index is 12.1. The molecule has 33 heavy (non-hydrogen) atoms. The summed E-state index contributed by atoms with van der Waals surface area (Å²) >= 11 is 0. The van der Waals surface area contributed by atoms with Crippen LogP contribution in [0.15, 0.2) is 24.2 Å². The fourth-order valence-electron chi connectivity index (χ4n) is 3.71. The fraction of sp³-hybridized carbons (Fsp3) is 0.545. The van der Waals surface area contributed by atoms with Gasteiger partial charge in [0, 0.05) is 25.2 Å². The third-order valence-electron chi connectivity index (χ3n) is 5.51. The predicted molar refractivity (Wildman–Crippen MR) is 121 cm³/mol. The second-order valence-corrected chi connectivity index (χ2v) is 9.61. The van der Waals surface area contributed by atoms with Crippen molar-refractivity contribution >= 4 is 23.3 Å². The summed E-state index contributed by atoms with van der Waals surface area (Å²) in [6.45, 7) is 6.67. The van der Waals surface area contributed by atoms with Crippen LogP contribution < -0.4 is 16.5 Å². The topological polar surface area (TPSA) is 141 Å². The van der Waals surface area contributed by atoms with Gasteiger partial charge in [0.1, 0.15) is 11.3 Å². The van der Waals surface area contributed by atoms with Gasteiger partial charge in [0.05, 0.1) is 42.8 Å². The summed E-state index contributed by atoms with van der Waals surface area (Å²) in [5.74, 6) is 5.55. The van der Waals surface area contributed by atoms with Crippen LogP contribution in [0.4, 0.5) is 5.69 Å². The average molecular weight is 458 g/mol. The van der Waals surface area contributed by atoms with Crippen molar-refractivity contribution in [3.05, 3.63) is 35.5 Å². The molecule has 2 aromatic heterocycles. The zero-order valence-electron chi connectivity index (χ0n) is 19.4. The molecule has 0 bridgehead atoms. The van der Waals surface area contributed by atoms with Gasteiger partial charge in [-0.15, -0.1) is 0 Å². The maximum absolute atomic E-state index is 12.1. The molecule has 3 heterocycles. The van der Waals surface area contributed by atoms with Gasteiger partial charge in [0.2, 0.25) is 0 Å². The Labute approximate surface area is 192 Å². The van der Waals surface area contributed by atoms with Crippen molar-refractivity contribution in [3.8, 4) is 0 Å². The Kier molecular flexibility index (Phi) is 5.91. The molecular weight excluding hydrogens is 426 g/mol. The lowest BCUT2D eigenvalue weighted by molar-refractivity contribution is -0.150. The van der Waals surface area contributed by atoms with E-state index in [0.717, 1.165) is 24.2 Å². The number of rotatable bonds is 7. The lowest BCUT2D eigenvalue weighted by Gasteiger charge is -2.39. The van der Waals surface area contributed by atoms with E-state index in [1.165, 1.54) is 18.3 Å². The summed E-state index contributed by atoms with van der Waals surface area (Å²) in [5.41, 5.74) is 8.39. The number of carbonyl (C=O) groups is 2. The highest BCUT2D eigenvalue weighted by Gasteiger charge is 2.36. The van der Waals surface area contributed by atoms with Crippen molar-refractivity contribution < 1.29 is 19.1 Å². The zero-order valence-corrected chi connectivity index (χ0v) is 19.4. The van der Waals surface area contributed by atoms with Gasteiger partial charge in [0.15, 0.2) is 5.65 Å². The summed E-state index contributed by atoms with van der Waals surface area (Å²) in [5, 5.41) is 6.02. The number of methoxy groups -OCH3 is 1. The van der Waals surface area contributed by atoms with E-state index in [1.807, 2.05) is 6.20 Å². The number of fused-ring (bicyclic) bond motifs is 1. The number of nitrogens with zero attached hydrogens (tertiary/aromatic N) is 5. The number of imidazole rings is 1. The molecule has 2 aliphatic rings. The number of nitrogens with two attached hydrogens (primary N) is 2. The monoisotopic (exact) mass is 457 g/mol. The molecule has 1 saturated carbocycles. The standard InChI is InChI=1S/C22H31N7O4/c1-22(2,3)33-21(31)16(23)12-28(24)10-15-11-29-19(25-15)18(7-17(26-29)13-5-6-13)27-8-14(9-27)20(30)32-4/h7,11-14H,5-6,8-10,23-24H2,1-4H3/b16-12-. The number of carbonyl (C=O) groups excluding carboxylic acids is 2. The summed E-state index contributed by atoms with van der Waals surface area (Å²) in [6.07, 6.45) is 5.39. The molecule has 1 saturated heterocycles. The highest BCUT2D eigenvalue weighted by Crippen LogP contribution is 2.41. The first-order valence-electron chi connectivity index (χ1n) is 11.0. The van der Waals surface area contributed by atoms with Crippen LogP contribution in [0.3, 0.4) is 0 Å². The number of esters is 2. The van der Waals surface area contributed by atoms with E-state index in [9.17, 15) is 9.59 Å². The third kappa shape index (κ3) is 5.19. The Morgan fingerprint density at radius 3 is 2.61 bits per heavy atom. The molecule has 4 rings (SSSR count). The van der Waals surface area contributed by atoms with Gasteiger partial charge < -0.3 is 25.1 Å². The van der Waals surface area contributed by atoms with Crippen LogP contribution in [0.5, 0.6) is 0 Å². The smallest absolute Gasteiger partial charge is 0.356 e. The van der Waals surface area contributed by atoms with Crippen molar-refractivity contribution in [2.75, 3.05) is 25.1 Å². The number of anilines is 1. The fourth-order valence-corrected chi connectivity index (χ4v) is 3.71. The summed E-state index contributed by atoms with van der Waals surface area (Å²) in [7, 11) is 1.41. The van der Waals surface area contributed by atoms with Crippen LogP contribution in [-0.4, -0.2) is 57.3 Å². The quantitative estimate of drug-likeness (QED) is 0.268. The molecule has 0 amide bonds. The predicted octanol–water partition coefficient (Wildman–Crippen LogP) is 1.03. The minimum absolute atomic E-state index is 0.0968. The molecule has 0 aromatic carbocycles. The highest BCUT2D eigenvalue weighted by molar-refractivity contribution is 5.87. The molecule has 0 atom stereocenters. The first kappa shape index (κ1) is 22.8. The van der Waals surface area contributed by atoms with Gasteiger partial charge >= 0.3 is 11.9 Å². The summed E-state index contributed by atoms with van der Waals surface area (Å²) in [6, 6.07) is 2.07. The van der Waals surface area contributed by atoms with Gasteiger partial charge in [-0.1, -0.05) is 0 Å². The molecule has 0 spiro atoms. The van der Waals surface area contributed by atoms with E-state index in [1.54, 1.807) is 25.3 Å².